The molecule has 37 heavy (non-hydrogen) atoms. The summed E-state index contributed by atoms with van der Waals surface area (Å²) in [6.07, 6.45) is 16.7. The predicted molar refractivity (Wildman–Crippen MR) is 145 cm³/mol. The molecule has 5 rings (SSSR count). The molecule has 0 atom stereocenters. The van der Waals surface area contributed by atoms with Gasteiger partial charge in [0, 0.05) is 43.0 Å². The van der Waals surface area contributed by atoms with E-state index in [1.807, 2.05) is 18.2 Å². The number of nitrogens with zero attached hydrogens (tertiary/aromatic N) is 4. The maximum Gasteiger partial charge on any atom is 0.251 e. The van der Waals surface area contributed by atoms with E-state index in [4.69, 9.17) is 4.98 Å². The van der Waals surface area contributed by atoms with Gasteiger partial charge in [0.25, 0.3) is 5.91 Å². The average molecular weight is 502 g/mol. The lowest BCUT2D eigenvalue weighted by Crippen LogP contribution is -2.50. The van der Waals surface area contributed by atoms with Gasteiger partial charge in [-0.25, -0.2) is 4.98 Å². The van der Waals surface area contributed by atoms with Crippen LogP contribution in [0, 0.1) is 0 Å². The molecule has 196 valence electrons. The number of carbonyl (C=O) groups is 2. The molecule has 1 N–H and O–H groups in total. The van der Waals surface area contributed by atoms with E-state index >= 15 is 0 Å². The van der Waals surface area contributed by atoms with Crippen molar-refractivity contribution in [1.29, 1.82) is 0 Å². The van der Waals surface area contributed by atoms with Crippen molar-refractivity contribution < 1.29 is 9.59 Å². The average Bonchev–Trinajstić information content (AvgIpc) is 3.29. The molecule has 2 aromatic heterocycles. The van der Waals surface area contributed by atoms with Gasteiger partial charge in [-0.1, -0.05) is 50.7 Å². The highest BCUT2D eigenvalue weighted by molar-refractivity contribution is 5.93. The highest BCUT2D eigenvalue weighted by Crippen LogP contribution is 2.31. The zero-order valence-electron chi connectivity index (χ0n) is 21.8. The number of para-hydroxylation sites is 2. The topological polar surface area (TPSA) is 80.1 Å². The van der Waals surface area contributed by atoms with Crippen molar-refractivity contribution in [3.05, 3.63) is 60.2 Å². The maximum absolute atomic E-state index is 14.0. The van der Waals surface area contributed by atoms with Crippen LogP contribution in [0.15, 0.2) is 48.8 Å². The number of nitrogens with one attached hydrogen (secondary N) is 1. The van der Waals surface area contributed by atoms with Gasteiger partial charge in [-0.05, 0) is 56.4 Å². The second-order valence-electron chi connectivity index (χ2n) is 10.6. The van der Waals surface area contributed by atoms with Crippen molar-refractivity contribution in [2.24, 2.45) is 0 Å². The molecule has 2 aliphatic rings. The number of benzene rings is 1. The highest BCUT2D eigenvalue weighted by Gasteiger charge is 2.33. The van der Waals surface area contributed by atoms with E-state index in [0.717, 1.165) is 49.0 Å². The van der Waals surface area contributed by atoms with Crippen LogP contribution < -0.4 is 5.32 Å². The van der Waals surface area contributed by atoms with Crippen LogP contribution in [0.2, 0.25) is 0 Å². The quantitative estimate of drug-likeness (QED) is 0.404. The smallest absolute Gasteiger partial charge is 0.251 e. The first-order chi connectivity index (χ1) is 18.2. The van der Waals surface area contributed by atoms with Crippen LogP contribution in [-0.4, -0.2) is 49.9 Å². The summed E-state index contributed by atoms with van der Waals surface area (Å²) in [5.41, 5.74) is 2.55. The van der Waals surface area contributed by atoms with Gasteiger partial charge < -0.3 is 14.8 Å². The minimum atomic E-state index is -0.0957. The van der Waals surface area contributed by atoms with Crippen LogP contribution in [0.4, 0.5) is 0 Å². The number of hydrogen-bond donors (Lipinski definition) is 1. The predicted octanol–water partition coefficient (Wildman–Crippen LogP) is 5.29. The molecule has 2 saturated carbocycles. The Balaban J connectivity index is 1.30. The summed E-state index contributed by atoms with van der Waals surface area (Å²) in [4.78, 5) is 37.5. The molecular formula is C30H39N5O2. The Morgan fingerprint density at radius 3 is 2.22 bits per heavy atom. The van der Waals surface area contributed by atoms with Crippen LogP contribution in [-0.2, 0) is 17.8 Å². The monoisotopic (exact) mass is 501 g/mol. The fraction of sp³-hybridized carbons (Fsp3) is 0.533. The van der Waals surface area contributed by atoms with Gasteiger partial charge in [-0.15, -0.1) is 0 Å². The van der Waals surface area contributed by atoms with Crippen LogP contribution in [0.5, 0.6) is 0 Å². The number of rotatable bonds is 9. The molecule has 0 aliphatic heterocycles. The van der Waals surface area contributed by atoms with E-state index in [1.54, 1.807) is 24.5 Å². The summed E-state index contributed by atoms with van der Waals surface area (Å²) >= 11 is 0. The highest BCUT2D eigenvalue weighted by atomic mass is 16.2. The molecular weight excluding hydrogens is 462 g/mol. The van der Waals surface area contributed by atoms with Crippen molar-refractivity contribution in [3.8, 4) is 0 Å². The van der Waals surface area contributed by atoms with E-state index in [-0.39, 0.29) is 11.8 Å². The number of hydrogen-bond acceptors (Lipinski definition) is 4. The van der Waals surface area contributed by atoms with E-state index in [0.29, 0.717) is 37.2 Å². The minimum absolute atomic E-state index is 0.0957. The van der Waals surface area contributed by atoms with Crippen LogP contribution in [0.3, 0.4) is 0 Å². The Hall–Kier alpha value is -3.22. The Kier molecular flexibility index (Phi) is 8.49. The zero-order valence-corrected chi connectivity index (χ0v) is 21.8. The fourth-order valence-corrected chi connectivity index (χ4v) is 6.19. The molecule has 1 aromatic carbocycles. The molecule has 2 aliphatic carbocycles. The molecule has 7 heteroatoms. The minimum Gasteiger partial charge on any atom is -0.352 e. The van der Waals surface area contributed by atoms with E-state index in [1.165, 1.54) is 38.5 Å². The molecule has 0 bridgehead atoms. The molecule has 0 unspecified atom stereocenters. The second-order valence-corrected chi connectivity index (χ2v) is 10.6. The lowest BCUT2D eigenvalue weighted by Gasteiger charge is -2.42. The summed E-state index contributed by atoms with van der Waals surface area (Å²) in [6, 6.07) is 12.3. The van der Waals surface area contributed by atoms with Crippen LogP contribution in [0.1, 0.15) is 86.8 Å². The Bertz CT molecular complexity index is 1160. The van der Waals surface area contributed by atoms with Crippen molar-refractivity contribution >= 4 is 22.8 Å². The van der Waals surface area contributed by atoms with Gasteiger partial charge in [-0.3, -0.25) is 14.6 Å². The first kappa shape index (κ1) is 25.4. The normalized spacial score (nSPS) is 17.1. The summed E-state index contributed by atoms with van der Waals surface area (Å²) in [5.74, 6) is 1.07. The summed E-state index contributed by atoms with van der Waals surface area (Å²) in [6.45, 7) is 0.890. The third-order valence-electron chi connectivity index (χ3n) is 8.06. The Morgan fingerprint density at radius 2 is 1.54 bits per heavy atom. The standard InChI is InChI=1S/C30H39N5O2/c36-29(35(24-10-3-1-4-11-24)25-12-5-2-6-13-25)22-34-27-15-8-7-14-26(27)33-28(34)16-9-19-32-30(37)23-17-20-31-21-18-23/h7-8,14-15,17-18,20-21,24-25H,1-6,9-13,16,19,22H2,(H,32,37). The van der Waals surface area contributed by atoms with Gasteiger partial charge in [0.05, 0.1) is 11.0 Å². The lowest BCUT2D eigenvalue weighted by molar-refractivity contribution is -0.138. The third-order valence-corrected chi connectivity index (χ3v) is 8.06. The lowest BCUT2D eigenvalue weighted by atomic mass is 9.88. The molecule has 2 heterocycles. The molecule has 3 aromatic rings. The summed E-state index contributed by atoms with van der Waals surface area (Å²) in [5, 5.41) is 2.99. The summed E-state index contributed by atoms with van der Waals surface area (Å²) in [7, 11) is 0. The number of pyridine rings is 1. The number of aryl methyl sites for hydroxylation is 1. The molecule has 0 saturated heterocycles. The van der Waals surface area contributed by atoms with Crippen molar-refractivity contribution in [1.82, 2.24) is 24.8 Å². The number of carbonyl (C=O) groups excluding carboxylic acids is 2. The van der Waals surface area contributed by atoms with Crippen molar-refractivity contribution in [2.75, 3.05) is 6.54 Å². The van der Waals surface area contributed by atoms with E-state index < -0.39 is 0 Å². The van der Waals surface area contributed by atoms with Gasteiger partial charge >= 0.3 is 0 Å². The zero-order chi connectivity index (χ0) is 25.5. The van der Waals surface area contributed by atoms with Crippen LogP contribution in [0.25, 0.3) is 11.0 Å². The number of amides is 2. The van der Waals surface area contributed by atoms with Gasteiger partial charge in [0.2, 0.25) is 5.91 Å². The molecule has 0 radical (unpaired) electrons. The molecule has 7 nitrogen and oxygen atoms in total. The fourth-order valence-electron chi connectivity index (χ4n) is 6.19. The third kappa shape index (κ3) is 6.20. The van der Waals surface area contributed by atoms with Gasteiger partial charge in [0.1, 0.15) is 12.4 Å². The first-order valence-electron chi connectivity index (χ1n) is 14.1. The number of imidazole rings is 1. The van der Waals surface area contributed by atoms with E-state index in [9.17, 15) is 9.59 Å². The van der Waals surface area contributed by atoms with Crippen molar-refractivity contribution in [3.63, 3.8) is 0 Å². The number of aromatic nitrogens is 3. The van der Waals surface area contributed by atoms with Crippen LogP contribution >= 0.6 is 0 Å². The molecule has 2 fully saturated rings. The number of fused-ring (bicyclic) bond motifs is 1. The molecule has 2 amide bonds. The Morgan fingerprint density at radius 1 is 0.892 bits per heavy atom. The van der Waals surface area contributed by atoms with Gasteiger partial charge in [-0.2, -0.15) is 0 Å². The Labute approximate surface area is 219 Å². The first-order valence-corrected chi connectivity index (χ1v) is 14.1. The SMILES string of the molecule is O=C(NCCCc1nc2ccccc2n1CC(=O)N(C1CCCCC1)C1CCCCC1)c1ccncc1. The van der Waals surface area contributed by atoms with E-state index in [2.05, 4.69) is 25.8 Å². The second kappa shape index (κ2) is 12.3. The maximum atomic E-state index is 14.0. The summed E-state index contributed by atoms with van der Waals surface area (Å²) < 4.78 is 2.13. The van der Waals surface area contributed by atoms with Gasteiger partial charge in [0.15, 0.2) is 0 Å². The molecule has 0 spiro atoms. The van der Waals surface area contributed by atoms with Crippen molar-refractivity contribution in [2.45, 2.75) is 95.7 Å². The largest absolute Gasteiger partial charge is 0.352 e.